The lowest BCUT2D eigenvalue weighted by atomic mass is 9.87. The van der Waals surface area contributed by atoms with Crippen molar-refractivity contribution >= 4 is 17.5 Å². The van der Waals surface area contributed by atoms with Crippen LogP contribution >= 0.6 is 0 Å². The monoisotopic (exact) mass is 526 g/mol. The van der Waals surface area contributed by atoms with Crippen molar-refractivity contribution in [3.8, 4) is 0 Å². The Balaban J connectivity index is 2.58. The van der Waals surface area contributed by atoms with Crippen molar-refractivity contribution in [3.63, 3.8) is 0 Å². The van der Waals surface area contributed by atoms with Crippen LogP contribution < -0.4 is 10.2 Å². The van der Waals surface area contributed by atoms with Crippen LogP contribution in [0.5, 0.6) is 0 Å². The van der Waals surface area contributed by atoms with Crippen LogP contribution in [0.1, 0.15) is 65.9 Å². The Morgan fingerprint density at radius 1 is 1.11 bits per heavy atom. The van der Waals surface area contributed by atoms with Gasteiger partial charge in [0.05, 0.1) is 5.57 Å². The summed E-state index contributed by atoms with van der Waals surface area (Å²) in [5, 5.41) is 2.69. The van der Waals surface area contributed by atoms with E-state index in [1.807, 2.05) is 20.8 Å². The summed E-state index contributed by atoms with van der Waals surface area (Å²) in [7, 11) is 0. The first kappa shape index (κ1) is 30.3. The molecule has 1 aliphatic carbocycles. The number of rotatable bonds is 7. The van der Waals surface area contributed by atoms with Gasteiger partial charge in [-0.3, -0.25) is 14.5 Å². The van der Waals surface area contributed by atoms with Crippen LogP contribution in [0.15, 0.2) is 60.2 Å². The van der Waals surface area contributed by atoms with Gasteiger partial charge >= 0.3 is 6.18 Å². The molecule has 0 saturated heterocycles. The summed E-state index contributed by atoms with van der Waals surface area (Å²) in [5.41, 5.74) is -0.100. The van der Waals surface area contributed by atoms with E-state index >= 15 is 0 Å². The lowest BCUT2D eigenvalue weighted by molar-refractivity contribution is -0.126. The van der Waals surface area contributed by atoms with Crippen LogP contribution in [0.3, 0.4) is 0 Å². The van der Waals surface area contributed by atoms with Crippen molar-refractivity contribution in [1.82, 2.24) is 5.32 Å². The molecule has 37 heavy (non-hydrogen) atoms. The summed E-state index contributed by atoms with van der Waals surface area (Å²) in [6.07, 6.45) is -2.74. The molecule has 1 unspecified atom stereocenters. The molecule has 1 fully saturated rings. The number of nitrogens with zero attached hydrogens (tertiary/aromatic N) is 1. The van der Waals surface area contributed by atoms with E-state index in [2.05, 4.69) is 11.9 Å². The molecule has 0 heterocycles. The van der Waals surface area contributed by atoms with Crippen molar-refractivity contribution < 1.29 is 31.5 Å². The van der Waals surface area contributed by atoms with Gasteiger partial charge in [-0.1, -0.05) is 51.6 Å². The number of benzene rings is 1. The lowest BCUT2D eigenvalue weighted by Gasteiger charge is -2.34. The second-order valence-electron chi connectivity index (χ2n) is 10.3. The maximum Gasteiger partial charge on any atom is 0.416 e. The van der Waals surface area contributed by atoms with Crippen LogP contribution in [-0.4, -0.2) is 36.0 Å². The van der Waals surface area contributed by atoms with Gasteiger partial charge in [0.15, 0.2) is 0 Å². The van der Waals surface area contributed by atoms with Crippen LogP contribution in [0, 0.1) is 0 Å². The topological polar surface area (TPSA) is 49.4 Å². The number of amides is 2. The fourth-order valence-corrected chi connectivity index (χ4v) is 4.27. The normalized spacial score (nSPS) is 18.2. The molecule has 204 valence electrons. The Morgan fingerprint density at radius 2 is 1.65 bits per heavy atom. The SMILES string of the molecule is C=C/C(=C\C(=C/C)C(F)(F)F)C(C(=O)NC1CCC(F)(F)CC1)N(C(C)=O)c1ccc(C(C)(C)C)cc1. The van der Waals surface area contributed by atoms with E-state index in [1.165, 1.54) is 13.8 Å². The minimum absolute atomic E-state index is 0.0155. The van der Waals surface area contributed by atoms with Gasteiger partial charge in [0.25, 0.3) is 0 Å². The van der Waals surface area contributed by atoms with Gasteiger partial charge in [-0.2, -0.15) is 13.2 Å². The number of nitrogens with one attached hydrogen (secondary N) is 1. The van der Waals surface area contributed by atoms with Gasteiger partial charge in [-0.15, -0.1) is 0 Å². The Hall–Kier alpha value is -2.97. The first-order valence-electron chi connectivity index (χ1n) is 12.2. The number of allylic oxidation sites excluding steroid dienone is 3. The van der Waals surface area contributed by atoms with Gasteiger partial charge in [-0.05, 0) is 54.5 Å². The Kier molecular flexibility index (Phi) is 9.49. The maximum absolute atomic E-state index is 13.6. The molecule has 0 aromatic heterocycles. The van der Waals surface area contributed by atoms with E-state index in [0.29, 0.717) is 5.69 Å². The molecule has 2 amide bonds. The highest BCUT2D eigenvalue weighted by molar-refractivity contribution is 6.02. The highest BCUT2D eigenvalue weighted by atomic mass is 19.4. The number of hydrogen-bond donors (Lipinski definition) is 1. The van der Waals surface area contributed by atoms with Gasteiger partial charge in [0.1, 0.15) is 6.04 Å². The molecule has 1 aromatic carbocycles. The molecule has 1 saturated carbocycles. The van der Waals surface area contributed by atoms with Crippen LogP contribution in [-0.2, 0) is 15.0 Å². The van der Waals surface area contributed by atoms with E-state index < -0.39 is 54.4 Å². The lowest BCUT2D eigenvalue weighted by Crippen LogP contribution is -2.53. The summed E-state index contributed by atoms with van der Waals surface area (Å²) in [6.45, 7) is 12.0. The number of hydrogen-bond acceptors (Lipinski definition) is 2. The highest BCUT2D eigenvalue weighted by Gasteiger charge is 2.39. The van der Waals surface area contributed by atoms with Crippen molar-refractivity contribution in [2.24, 2.45) is 0 Å². The average molecular weight is 527 g/mol. The van der Waals surface area contributed by atoms with Crippen LogP contribution in [0.2, 0.25) is 0 Å². The average Bonchev–Trinajstić information content (AvgIpc) is 2.78. The van der Waals surface area contributed by atoms with Crippen molar-refractivity contribution in [2.75, 3.05) is 4.90 Å². The Labute approximate surface area is 215 Å². The first-order chi connectivity index (χ1) is 17.0. The molecule has 0 radical (unpaired) electrons. The third kappa shape index (κ3) is 8.01. The summed E-state index contributed by atoms with van der Waals surface area (Å²) < 4.78 is 67.9. The molecule has 9 heteroatoms. The zero-order valence-electron chi connectivity index (χ0n) is 21.9. The predicted octanol–water partition coefficient (Wildman–Crippen LogP) is 7.02. The summed E-state index contributed by atoms with van der Waals surface area (Å²) in [5.74, 6) is -4.17. The minimum atomic E-state index is -4.70. The van der Waals surface area contributed by atoms with Gasteiger partial charge in [-0.25, -0.2) is 8.78 Å². The van der Waals surface area contributed by atoms with E-state index in [-0.39, 0.29) is 23.8 Å². The first-order valence-corrected chi connectivity index (χ1v) is 12.2. The van der Waals surface area contributed by atoms with E-state index in [0.717, 1.165) is 28.7 Å². The van der Waals surface area contributed by atoms with E-state index in [9.17, 15) is 31.5 Å². The largest absolute Gasteiger partial charge is 0.416 e. The van der Waals surface area contributed by atoms with Crippen LogP contribution in [0.25, 0.3) is 0 Å². The van der Waals surface area contributed by atoms with Gasteiger partial charge in [0.2, 0.25) is 17.7 Å². The Morgan fingerprint density at radius 3 is 2.05 bits per heavy atom. The third-order valence-electron chi connectivity index (χ3n) is 6.43. The van der Waals surface area contributed by atoms with Gasteiger partial charge in [0, 0.05) is 31.5 Å². The molecular formula is C28H35F5N2O2. The number of carbonyl (C=O) groups excluding carboxylic acids is 2. The third-order valence-corrected chi connectivity index (χ3v) is 6.43. The Bertz CT molecular complexity index is 1040. The second kappa shape index (κ2) is 11.6. The molecule has 0 bridgehead atoms. The summed E-state index contributed by atoms with van der Waals surface area (Å²) in [4.78, 5) is 27.5. The number of halogens is 5. The quantitative estimate of drug-likeness (QED) is 0.307. The zero-order valence-corrected chi connectivity index (χ0v) is 21.9. The predicted molar refractivity (Wildman–Crippen MR) is 136 cm³/mol. The molecule has 2 rings (SSSR count). The fraction of sp³-hybridized carbons (Fsp3) is 0.500. The van der Waals surface area contributed by atoms with Crippen LogP contribution in [0.4, 0.5) is 27.6 Å². The highest BCUT2D eigenvalue weighted by Crippen LogP contribution is 2.34. The standard InChI is InChI=1S/C28H35F5N2O2/c1-7-19(17-20(8-2)28(31,32)33)24(25(37)34-22-13-15-27(29,30)16-14-22)35(18(3)36)23-11-9-21(10-12-23)26(4,5)6/h7-12,17,22,24H,1,13-16H2,2-6H3,(H,34,37)/b19-17+,20-8+. The summed E-state index contributed by atoms with van der Waals surface area (Å²) >= 11 is 0. The molecule has 0 aliphatic heterocycles. The molecule has 1 aliphatic rings. The molecule has 0 spiro atoms. The number of anilines is 1. The molecule has 1 N–H and O–H groups in total. The maximum atomic E-state index is 13.6. The van der Waals surface area contributed by atoms with Crippen molar-refractivity contribution in [2.45, 2.75) is 89.9 Å². The smallest absolute Gasteiger partial charge is 0.351 e. The molecule has 1 aromatic rings. The second-order valence-corrected chi connectivity index (χ2v) is 10.3. The molecular weight excluding hydrogens is 491 g/mol. The van der Waals surface area contributed by atoms with Crippen molar-refractivity contribution in [3.05, 3.63) is 65.8 Å². The van der Waals surface area contributed by atoms with E-state index in [1.54, 1.807) is 24.3 Å². The number of carbonyl (C=O) groups is 2. The zero-order chi connectivity index (χ0) is 28.2. The fourth-order valence-electron chi connectivity index (χ4n) is 4.27. The summed E-state index contributed by atoms with van der Waals surface area (Å²) in [6, 6.07) is 4.73. The van der Waals surface area contributed by atoms with E-state index in [4.69, 9.17) is 0 Å². The number of alkyl halides is 5. The minimum Gasteiger partial charge on any atom is -0.351 e. The molecule has 4 nitrogen and oxygen atoms in total. The van der Waals surface area contributed by atoms with Gasteiger partial charge < -0.3 is 5.32 Å². The van der Waals surface area contributed by atoms with Crippen molar-refractivity contribution in [1.29, 1.82) is 0 Å². The molecule has 1 atom stereocenters.